The summed E-state index contributed by atoms with van der Waals surface area (Å²) < 4.78 is 33.9. The van der Waals surface area contributed by atoms with Crippen molar-refractivity contribution in [3.05, 3.63) is 24.3 Å². The van der Waals surface area contributed by atoms with E-state index in [1.807, 2.05) is 0 Å². The van der Waals surface area contributed by atoms with E-state index in [0.717, 1.165) is 10.6 Å². The molecule has 1 aromatic carbocycles. The Balaban J connectivity index is 2.40. The number of hydrogen-bond donors (Lipinski definition) is 2. The second-order valence-corrected chi connectivity index (χ2v) is 6.92. The third-order valence-electron chi connectivity index (χ3n) is 2.93. The van der Waals surface area contributed by atoms with Crippen LogP contribution in [0, 0.1) is 0 Å². The monoisotopic (exact) mass is 345 g/mol. The Hall–Kier alpha value is -1.84. The van der Waals surface area contributed by atoms with Crippen LogP contribution in [0.3, 0.4) is 0 Å². The summed E-state index contributed by atoms with van der Waals surface area (Å²) in [6.07, 6.45) is 1.11. The van der Waals surface area contributed by atoms with E-state index >= 15 is 0 Å². The number of rotatable bonds is 9. The van der Waals surface area contributed by atoms with Crippen LogP contribution in [0.1, 0.15) is 0 Å². The number of amides is 2. The van der Waals surface area contributed by atoms with Crippen LogP contribution in [-0.2, 0) is 14.8 Å². The molecule has 0 saturated carbocycles. The van der Waals surface area contributed by atoms with Gasteiger partial charge in [0.15, 0.2) is 0 Å². The highest BCUT2D eigenvalue weighted by molar-refractivity contribution is 7.88. The molecule has 23 heavy (non-hydrogen) atoms. The van der Waals surface area contributed by atoms with Gasteiger partial charge in [0.05, 0.1) is 12.9 Å². The number of sulfonamides is 1. The summed E-state index contributed by atoms with van der Waals surface area (Å²) in [5.41, 5.74) is 0.578. The van der Waals surface area contributed by atoms with Crippen LogP contribution in [0.5, 0.6) is 5.75 Å². The lowest BCUT2D eigenvalue weighted by molar-refractivity contribution is 0.146. The molecule has 1 aromatic rings. The molecular formula is C14H23N3O5S. The van der Waals surface area contributed by atoms with Gasteiger partial charge < -0.3 is 20.1 Å². The van der Waals surface area contributed by atoms with Crippen molar-refractivity contribution in [2.75, 3.05) is 52.0 Å². The van der Waals surface area contributed by atoms with Crippen molar-refractivity contribution >= 4 is 21.7 Å². The number of urea groups is 1. The van der Waals surface area contributed by atoms with Crippen molar-refractivity contribution in [2.24, 2.45) is 0 Å². The fraction of sp³-hybridized carbons (Fsp3) is 0.500. The van der Waals surface area contributed by atoms with Crippen molar-refractivity contribution in [3.63, 3.8) is 0 Å². The zero-order chi connectivity index (χ0) is 17.3. The summed E-state index contributed by atoms with van der Waals surface area (Å²) in [6.45, 7) is 1.31. The lowest BCUT2D eigenvalue weighted by Gasteiger charge is -2.14. The van der Waals surface area contributed by atoms with Crippen molar-refractivity contribution in [2.45, 2.75) is 0 Å². The molecule has 0 radical (unpaired) electrons. The second-order valence-electron chi connectivity index (χ2n) is 4.83. The first kappa shape index (κ1) is 19.2. The number of nitrogens with zero attached hydrogens (tertiary/aromatic N) is 1. The maximum Gasteiger partial charge on any atom is 0.319 e. The van der Waals surface area contributed by atoms with Gasteiger partial charge in [-0.05, 0) is 12.1 Å². The number of hydrogen-bond acceptors (Lipinski definition) is 5. The highest BCUT2D eigenvalue weighted by Crippen LogP contribution is 2.17. The topological polar surface area (TPSA) is 97.0 Å². The van der Waals surface area contributed by atoms with Gasteiger partial charge in [0.1, 0.15) is 12.4 Å². The first-order chi connectivity index (χ1) is 10.8. The number of carbonyl (C=O) groups excluding carboxylic acids is 1. The van der Waals surface area contributed by atoms with E-state index in [4.69, 9.17) is 9.47 Å². The summed E-state index contributed by atoms with van der Waals surface area (Å²) in [7, 11) is -0.197. The first-order valence-electron chi connectivity index (χ1n) is 7.01. The standard InChI is InChI=1S/C14H23N3O5S/c1-17(23(3,19)20)8-7-15-14(18)16-12-5-4-6-13(11-12)22-10-9-21-2/h4-6,11H,7-10H2,1-3H3,(H2,15,16,18). The Labute approximate surface area is 136 Å². The molecule has 9 heteroatoms. The largest absolute Gasteiger partial charge is 0.491 e. The Bertz CT molecular complexity index is 606. The van der Waals surface area contributed by atoms with E-state index in [2.05, 4.69) is 10.6 Å². The number of carbonyl (C=O) groups is 1. The molecule has 0 atom stereocenters. The smallest absolute Gasteiger partial charge is 0.319 e. The van der Waals surface area contributed by atoms with E-state index in [0.29, 0.717) is 24.7 Å². The Morgan fingerprint density at radius 2 is 2.04 bits per heavy atom. The average Bonchev–Trinajstić information content (AvgIpc) is 2.47. The average molecular weight is 345 g/mol. The van der Waals surface area contributed by atoms with E-state index in [-0.39, 0.29) is 13.1 Å². The van der Waals surface area contributed by atoms with Crippen LogP contribution >= 0.6 is 0 Å². The maximum atomic E-state index is 11.8. The van der Waals surface area contributed by atoms with Crippen molar-refractivity contribution in [3.8, 4) is 5.75 Å². The predicted molar refractivity (Wildman–Crippen MR) is 88.3 cm³/mol. The number of anilines is 1. The first-order valence-corrected chi connectivity index (χ1v) is 8.85. The van der Waals surface area contributed by atoms with E-state index in [9.17, 15) is 13.2 Å². The van der Waals surface area contributed by atoms with Gasteiger partial charge >= 0.3 is 6.03 Å². The zero-order valence-electron chi connectivity index (χ0n) is 13.5. The van der Waals surface area contributed by atoms with E-state index < -0.39 is 16.1 Å². The van der Waals surface area contributed by atoms with Crippen LogP contribution in [0.4, 0.5) is 10.5 Å². The molecule has 0 aliphatic heterocycles. The number of ether oxygens (including phenoxy) is 2. The molecule has 0 aliphatic rings. The summed E-state index contributed by atoms with van der Waals surface area (Å²) in [5, 5.41) is 5.24. The molecule has 0 bridgehead atoms. The highest BCUT2D eigenvalue weighted by atomic mass is 32.2. The van der Waals surface area contributed by atoms with Gasteiger partial charge in [-0.1, -0.05) is 6.07 Å². The van der Waals surface area contributed by atoms with Crippen LogP contribution < -0.4 is 15.4 Å². The number of likely N-dealkylation sites (N-methyl/N-ethyl adjacent to an activating group) is 1. The lowest BCUT2D eigenvalue weighted by atomic mass is 10.3. The Morgan fingerprint density at radius 3 is 2.70 bits per heavy atom. The van der Waals surface area contributed by atoms with Gasteiger partial charge in [0.25, 0.3) is 0 Å². The molecule has 0 aromatic heterocycles. The molecular weight excluding hydrogens is 322 g/mol. The minimum atomic E-state index is -3.24. The normalized spacial score (nSPS) is 11.3. The third-order valence-corrected chi connectivity index (χ3v) is 4.24. The van der Waals surface area contributed by atoms with Crippen LogP contribution in [0.25, 0.3) is 0 Å². The highest BCUT2D eigenvalue weighted by Gasteiger charge is 2.10. The fourth-order valence-corrected chi connectivity index (χ4v) is 2.00. The Morgan fingerprint density at radius 1 is 1.30 bits per heavy atom. The van der Waals surface area contributed by atoms with Crippen molar-refractivity contribution in [1.82, 2.24) is 9.62 Å². The molecule has 0 saturated heterocycles. The minimum Gasteiger partial charge on any atom is -0.491 e. The minimum absolute atomic E-state index is 0.201. The van der Waals surface area contributed by atoms with Gasteiger partial charge in [0.2, 0.25) is 10.0 Å². The molecule has 2 N–H and O–H groups in total. The summed E-state index contributed by atoms with van der Waals surface area (Å²) >= 11 is 0. The van der Waals surface area contributed by atoms with E-state index in [1.54, 1.807) is 31.4 Å². The molecule has 8 nitrogen and oxygen atoms in total. The quantitative estimate of drug-likeness (QED) is 0.643. The second kappa shape index (κ2) is 9.33. The fourth-order valence-electron chi connectivity index (χ4n) is 1.57. The molecule has 0 fully saturated rings. The van der Waals surface area contributed by atoms with E-state index in [1.165, 1.54) is 7.05 Å². The SMILES string of the molecule is COCCOc1cccc(NC(=O)NCCN(C)S(C)(=O)=O)c1. The molecule has 0 heterocycles. The van der Waals surface area contributed by atoms with Gasteiger partial charge in [0, 0.05) is 39.0 Å². The van der Waals surface area contributed by atoms with Gasteiger partial charge in [-0.3, -0.25) is 0 Å². The molecule has 130 valence electrons. The molecule has 1 rings (SSSR count). The number of nitrogens with one attached hydrogen (secondary N) is 2. The molecule has 0 spiro atoms. The molecule has 2 amide bonds. The van der Waals surface area contributed by atoms with Gasteiger partial charge in [-0.2, -0.15) is 0 Å². The Kier molecular flexibility index (Phi) is 7.79. The third kappa shape index (κ3) is 7.82. The van der Waals surface area contributed by atoms with Crippen LogP contribution in [0.2, 0.25) is 0 Å². The number of benzene rings is 1. The van der Waals surface area contributed by atoms with Gasteiger partial charge in [-0.15, -0.1) is 0 Å². The zero-order valence-corrected chi connectivity index (χ0v) is 14.4. The van der Waals surface area contributed by atoms with Crippen molar-refractivity contribution < 1.29 is 22.7 Å². The number of methoxy groups -OCH3 is 1. The summed E-state index contributed by atoms with van der Waals surface area (Å²) in [5.74, 6) is 0.622. The summed E-state index contributed by atoms with van der Waals surface area (Å²) in [6, 6.07) is 6.54. The van der Waals surface area contributed by atoms with Crippen molar-refractivity contribution in [1.29, 1.82) is 0 Å². The van der Waals surface area contributed by atoms with Gasteiger partial charge in [-0.25, -0.2) is 17.5 Å². The summed E-state index contributed by atoms with van der Waals surface area (Å²) in [4.78, 5) is 11.8. The van der Waals surface area contributed by atoms with Crippen LogP contribution in [-0.4, -0.2) is 65.5 Å². The van der Waals surface area contributed by atoms with Crippen LogP contribution in [0.15, 0.2) is 24.3 Å². The molecule has 0 aliphatic carbocycles. The predicted octanol–water partition coefficient (Wildman–Crippen LogP) is 0.725. The molecule has 0 unspecified atom stereocenters. The maximum absolute atomic E-state index is 11.8. The lowest BCUT2D eigenvalue weighted by Crippen LogP contribution is -2.37.